The Hall–Kier alpha value is -1.35. The molecule has 20 heavy (non-hydrogen) atoms. The average molecular weight is 270 g/mol. The zero-order valence-electron chi connectivity index (χ0n) is 11.8. The highest BCUT2D eigenvalue weighted by molar-refractivity contribution is 5.84. The summed E-state index contributed by atoms with van der Waals surface area (Å²) in [5.41, 5.74) is 2.93. The van der Waals surface area contributed by atoms with Gasteiger partial charge in [0.1, 0.15) is 0 Å². The molecular formula is C17H22N2O. The van der Waals surface area contributed by atoms with Crippen LogP contribution in [0.1, 0.15) is 29.9 Å². The molecule has 1 saturated carbocycles. The van der Waals surface area contributed by atoms with E-state index in [2.05, 4.69) is 34.5 Å². The van der Waals surface area contributed by atoms with Gasteiger partial charge < -0.3 is 10.2 Å². The maximum Gasteiger partial charge on any atom is 0.226 e. The van der Waals surface area contributed by atoms with Gasteiger partial charge in [0.2, 0.25) is 5.91 Å². The third kappa shape index (κ3) is 1.96. The number of carbonyl (C=O) groups excluding carboxylic acids is 1. The third-order valence-electron chi connectivity index (χ3n) is 5.27. The van der Waals surface area contributed by atoms with E-state index < -0.39 is 0 Å². The molecule has 0 bridgehead atoms. The minimum absolute atomic E-state index is 0.275. The number of nitrogens with one attached hydrogen (secondary N) is 1. The van der Waals surface area contributed by atoms with Crippen molar-refractivity contribution in [1.29, 1.82) is 0 Å². The Morgan fingerprint density at radius 1 is 1.20 bits per heavy atom. The van der Waals surface area contributed by atoms with Crippen molar-refractivity contribution < 1.29 is 4.79 Å². The smallest absolute Gasteiger partial charge is 0.226 e. The SMILES string of the molecule is O=C(C1C2CCc3ccccc3C21)N1CCCNCC1. The van der Waals surface area contributed by atoms with Crippen LogP contribution in [0.2, 0.25) is 0 Å². The van der Waals surface area contributed by atoms with Crippen molar-refractivity contribution in [2.45, 2.75) is 25.2 Å². The van der Waals surface area contributed by atoms with Crippen molar-refractivity contribution in [2.24, 2.45) is 11.8 Å². The number of benzene rings is 1. The first-order valence-corrected chi connectivity index (χ1v) is 7.93. The molecular weight excluding hydrogens is 248 g/mol. The summed E-state index contributed by atoms with van der Waals surface area (Å²) >= 11 is 0. The summed E-state index contributed by atoms with van der Waals surface area (Å²) < 4.78 is 0. The zero-order chi connectivity index (χ0) is 13.5. The van der Waals surface area contributed by atoms with Crippen LogP contribution in [-0.4, -0.2) is 37.0 Å². The summed E-state index contributed by atoms with van der Waals surface area (Å²) in [4.78, 5) is 14.9. The molecule has 1 amide bonds. The van der Waals surface area contributed by atoms with Gasteiger partial charge in [0.15, 0.2) is 0 Å². The quantitative estimate of drug-likeness (QED) is 0.844. The second-order valence-electron chi connectivity index (χ2n) is 6.38. The van der Waals surface area contributed by atoms with Crippen LogP contribution in [0.3, 0.4) is 0 Å². The lowest BCUT2D eigenvalue weighted by molar-refractivity contribution is -0.132. The molecule has 1 heterocycles. The van der Waals surface area contributed by atoms with Gasteiger partial charge in [-0.1, -0.05) is 24.3 Å². The Morgan fingerprint density at radius 3 is 3.05 bits per heavy atom. The molecule has 2 fully saturated rings. The standard InChI is InChI=1S/C17H22N2O/c20-17(19-10-3-8-18-9-11-19)16-14-7-6-12-4-1-2-5-13(12)15(14)16/h1-2,4-5,14-16,18H,3,6-11H2. The van der Waals surface area contributed by atoms with Crippen molar-refractivity contribution in [1.82, 2.24) is 10.2 Å². The van der Waals surface area contributed by atoms with Gasteiger partial charge in [-0.15, -0.1) is 0 Å². The number of rotatable bonds is 1. The predicted octanol–water partition coefficient (Wildman–Crippen LogP) is 1.78. The van der Waals surface area contributed by atoms with E-state index in [-0.39, 0.29) is 5.92 Å². The summed E-state index contributed by atoms with van der Waals surface area (Å²) in [7, 11) is 0. The largest absolute Gasteiger partial charge is 0.341 e. The maximum atomic E-state index is 12.8. The predicted molar refractivity (Wildman–Crippen MR) is 78.6 cm³/mol. The second kappa shape index (κ2) is 4.88. The van der Waals surface area contributed by atoms with Gasteiger partial charge in [-0.2, -0.15) is 0 Å². The lowest BCUT2D eigenvalue weighted by Gasteiger charge is -2.20. The number of hydrogen-bond acceptors (Lipinski definition) is 2. The van der Waals surface area contributed by atoms with Crippen molar-refractivity contribution in [3.63, 3.8) is 0 Å². The molecule has 1 saturated heterocycles. The van der Waals surface area contributed by atoms with Crippen LogP contribution in [0.25, 0.3) is 0 Å². The summed E-state index contributed by atoms with van der Waals surface area (Å²) in [6.45, 7) is 3.81. The monoisotopic (exact) mass is 270 g/mol. The van der Waals surface area contributed by atoms with Crippen molar-refractivity contribution in [2.75, 3.05) is 26.2 Å². The first-order chi connectivity index (χ1) is 9.86. The highest BCUT2D eigenvalue weighted by Crippen LogP contribution is 2.60. The normalized spacial score (nSPS) is 32.0. The zero-order valence-corrected chi connectivity index (χ0v) is 11.8. The van der Waals surface area contributed by atoms with Crippen molar-refractivity contribution >= 4 is 5.91 Å². The van der Waals surface area contributed by atoms with Gasteiger partial charge >= 0.3 is 0 Å². The average Bonchev–Trinajstić information content (AvgIpc) is 3.26. The van der Waals surface area contributed by atoms with E-state index >= 15 is 0 Å². The molecule has 4 rings (SSSR count). The summed E-state index contributed by atoms with van der Waals surface area (Å²) in [6.07, 6.45) is 3.44. The van der Waals surface area contributed by atoms with Gasteiger partial charge in [0.05, 0.1) is 0 Å². The minimum atomic E-state index is 0.275. The van der Waals surface area contributed by atoms with E-state index in [0.717, 1.165) is 39.0 Å². The number of hydrogen-bond donors (Lipinski definition) is 1. The number of carbonyl (C=O) groups is 1. The van der Waals surface area contributed by atoms with Gasteiger partial charge in [0.25, 0.3) is 0 Å². The number of nitrogens with zero attached hydrogens (tertiary/aromatic N) is 1. The molecule has 1 N–H and O–H groups in total. The first-order valence-electron chi connectivity index (χ1n) is 7.93. The van der Waals surface area contributed by atoms with Crippen molar-refractivity contribution in [3.8, 4) is 0 Å². The lowest BCUT2D eigenvalue weighted by Crippen LogP contribution is -2.35. The highest BCUT2D eigenvalue weighted by Gasteiger charge is 2.57. The molecule has 3 unspecified atom stereocenters. The van der Waals surface area contributed by atoms with Crippen molar-refractivity contribution in [3.05, 3.63) is 35.4 Å². The van der Waals surface area contributed by atoms with Gasteiger partial charge in [-0.25, -0.2) is 0 Å². The molecule has 1 aromatic carbocycles. The van der Waals surface area contributed by atoms with E-state index in [0.29, 0.717) is 17.7 Å². The van der Waals surface area contributed by atoms with E-state index in [1.165, 1.54) is 17.5 Å². The Morgan fingerprint density at radius 2 is 2.10 bits per heavy atom. The van der Waals surface area contributed by atoms with Crippen LogP contribution in [0, 0.1) is 11.8 Å². The van der Waals surface area contributed by atoms with Gasteiger partial charge in [-0.05, 0) is 48.8 Å². The molecule has 1 aliphatic heterocycles. The molecule has 3 atom stereocenters. The minimum Gasteiger partial charge on any atom is -0.341 e. The van der Waals surface area contributed by atoms with Crippen LogP contribution in [0.5, 0.6) is 0 Å². The molecule has 0 spiro atoms. The Labute approximate surface area is 120 Å². The van der Waals surface area contributed by atoms with Crippen LogP contribution >= 0.6 is 0 Å². The molecule has 3 aliphatic rings. The van der Waals surface area contributed by atoms with Crippen LogP contribution in [0.4, 0.5) is 0 Å². The highest BCUT2D eigenvalue weighted by atomic mass is 16.2. The van der Waals surface area contributed by atoms with Crippen LogP contribution in [0.15, 0.2) is 24.3 Å². The molecule has 0 radical (unpaired) electrons. The van der Waals surface area contributed by atoms with Crippen LogP contribution in [-0.2, 0) is 11.2 Å². The lowest BCUT2D eigenvalue weighted by atomic mass is 9.92. The molecule has 1 aromatic rings. The fraction of sp³-hybridized carbons (Fsp3) is 0.588. The molecule has 2 aliphatic carbocycles. The fourth-order valence-corrected chi connectivity index (χ4v) is 4.18. The summed E-state index contributed by atoms with van der Waals surface area (Å²) in [5.74, 6) is 1.83. The van der Waals surface area contributed by atoms with Crippen LogP contribution < -0.4 is 5.32 Å². The van der Waals surface area contributed by atoms with E-state index in [1.54, 1.807) is 0 Å². The van der Waals surface area contributed by atoms with E-state index in [1.807, 2.05) is 0 Å². The maximum absolute atomic E-state index is 12.8. The van der Waals surface area contributed by atoms with Gasteiger partial charge in [0, 0.05) is 25.6 Å². The Kier molecular flexibility index (Phi) is 3.03. The number of fused-ring (bicyclic) bond motifs is 3. The second-order valence-corrected chi connectivity index (χ2v) is 6.38. The number of aryl methyl sites for hydroxylation is 1. The first kappa shape index (κ1) is 12.4. The molecule has 106 valence electrons. The third-order valence-corrected chi connectivity index (χ3v) is 5.27. The summed E-state index contributed by atoms with van der Waals surface area (Å²) in [6, 6.07) is 8.72. The Balaban J connectivity index is 1.53. The molecule has 3 nitrogen and oxygen atoms in total. The topological polar surface area (TPSA) is 32.3 Å². The summed E-state index contributed by atoms with van der Waals surface area (Å²) in [5, 5.41) is 3.38. The molecule has 0 aromatic heterocycles. The number of amides is 1. The Bertz CT molecular complexity index is 519. The van der Waals surface area contributed by atoms with E-state index in [4.69, 9.17) is 0 Å². The fourth-order valence-electron chi connectivity index (χ4n) is 4.18. The van der Waals surface area contributed by atoms with E-state index in [9.17, 15) is 4.79 Å². The van der Waals surface area contributed by atoms with Gasteiger partial charge in [-0.3, -0.25) is 4.79 Å². The molecule has 3 heteroatoms.